The second-order valence-corrected chi connectivity index (χ2v) is 6.58. The van der Waals surface area contributed by atoms with Crippen LogP contribution in [0.4, 0.5) is 0 Å². The maximum Gasteiger partial charge on any atom is 0.0135 e. The van der Waals surface area contributed by atoms with Crippen molar-refractivity contribution < 1.29 is 0 Å². The minimum atomic E-state index is 0.759. The molecule has 0 aromatic rings. The van der Waals surface area contributed by atoms with Gasteiger partial charge in [0.2, 0.25) is 0 Å². The van der Waals surface area contributed by atoms with Gasteiger partial charge in [-0.1, -0.05) is 20.3 Å². The molecule has 0 saturated heterocycles. The first kappa shape index (κ1) is 13.4. The zero-order valence-electron chi connectivity index (χ0n) is 11.9. The molecule has 0 spiro atoms. The molecule has 0 aromatic heterocycles. The largest absolute Gasteiger partial charge is 0.330 e. The Kier molecular flexibility index (Phi) is 4.48. The summed E-state index contributed by atoms with van der Waals surface area (Å²) in [6, 6.07) is 1.59. The molecule has 0 aromatic carbocycles. The molecule has 2 saturated carbocycles. The topological polar surface area (TPSA) is 29.3 Å². The van der Waals surface area contributed by atoms with E-state index in [4.69, 9.17) is 5.73 Å². The van der Waals surface area contributed by atoms with Gasteiger partial charge in [-0.15, -0.1) is 0 Å². The Bertz CT molecular complexity index is 241. The van der Waals surface area contributed by atoms with Gasteiger partial charge < -0.3 is 10.6 Å². The zero-order chi connectivity index (χ0) is 12.4. The summed E-state index contributed by atoms with van der Waals surface area (Å²) in [5.74, 6) is 2.58. The Morgan fingerprint density at radius 3 is 2.47 bits per heavy atom. The van der Waals surface area contributed by atoms with Crippen molar-refractivity contribution in [1.29, 1.82) is 0 Å². The van der Waals surface area contributed by atoms with Crippen LogP contribution in [0.5, 0.6) is 0 Å². The third-order valence-corrected chi connectivity index (χ3v) is 5.59. The van der Waals surface area contributed by atoms with Crippen LogP contribution in [0.15, 0.2) is 0 Å². The molecule has 5 unspecified atom stereocenters. The smallest absolute Gasteiger partial charge is 0.0135 e. The van der Waals surface area contributed by atoms with Crippen molar-refractivity contribution in [2.45, 2.75) is 64.5 Å². The summed E-state index contributed by atoms with van der Waals surface area (Å²) < 4.78 is 0. The molecule has 0 amide bonds. The Morgan fingerprint density at radius 1 is 1.06 bits per heavy atom. The van der Waals surface area contributed by atoms with Crippen molar-refractivity contribution in [3.8, 4) is 0 Å². The number of rotatable bonds is 3. The number of hydrogen-bond donors (Lipinski definition) is 1. The van der Waals surface area contributed by atoms with Gasteiger partial charge in [-0.05, 0) is 63.5 Å². The third kappa shape index (κ3) is 2.85. The summed E-state index contributed by atoms with van der Waals surface area (Å²) in [5, 5.41) is 0. The van der Waals surface area contributed by atoms with E-state index < -0.39 is 0 Å². The number of nitrogens with two attached hydrogens (primary N) is 1. The highest BCUT2D eigenvalue weighted by molar-refractivity contribution is 4.90. The fourth-order valence-corrected chi connectivity index (χ4v) is 3.99. The van der Waals surface area contributed by atoms with Crippen LogP contribution in [0.3, 0.4) is 0 Å². The van der Waals surface area contributed by atoms with E-state index in [1.807, 2.05) is 0 Å². The van der Waals surface area contributed by atoms with Gasteiger partial charge in [0.1, 0.15) is 0 Å². The predicted molar refractivity (Wildman–Crippen MR) is 73.9 cm³/mol. The molecular formula is C15H30N2. The van der Waals surface area contributed by atoms with E-state index >= 15 is 0 Å². The zero-order valence-corrected chi connectivity index (χ0v) is 11.9. The second-order valence-electron chi connectivity index (χ2n) is 6.58. The molecule has 2 N–H and O–H groups in total. The Morgan fingerprint density at radius 2 is 1.82 bits per heavy atom. The molecule has 0 radical (unpaired) electrons. The van der Waals surface area contributed by atoms with Gasteiger partial charge in [0, 0.05) is 12.1 Å². The standard InChI is InChI=1S/C15H30N2/c1-11-7-8-14(9-12(11)2)17(3)15-6-4-5-13(15)10-16/h11-15H,4-10,16H2,1-3H3. The van der Waals surface area contributed by atoms with Crippen LogP contribution in [0.25, 0.3) is 0 Å². The van der Waals surface area contributed by atoms with E-state index in [1.54, 1.807) is 0 Å². The lowest BCUT2D eigenvalue weighted by Gasteiger charge is -2.41. The van der Waals surface area contributed by atoms with E-state index in [1.165, 1.54) is 38.5 Å². The summed E-state index contributed by atoms with van der Waals surface area (Å²) in [6.07, 6.45) is 8.32. The molecule has 2 aliphatic carbocycles. The minimum absolute atomic E-state index is 0.759. The maximum atomic E-state index is 5.91. The van der Waals surface area contributed by atoms with Gasteiger partial charge in [0.15, 0.2) is 0 Å². The van der Waals surface area contributed by atoms with Crippen LogP contribution in [-0.4, -0.2) is 30.6 Å². The van der Waals surface area contributed by atoms with Gasteiger partial charge >= 0.3 is 0 Å². The van der Waals surface area contributed by atoms with Crippen molar-refractivity contribution in [2.75, 3.05) is 13.6 Å². The van der Waals surface area contributed by atoms with Gasteiger partial charge in [-0.25, -0.2) is 0 Å². The SMILES string of the molecule is CC1CCC(N(C)C2CCCC2CN)CC1C. The molecule has 2 nitrogen and oxygen atoms in total. The van der Waals surface area contributed by atoms with Gasteiger partial charge in [0.05, 0.1) is 0 Å². The third-order valence-electron chi connectivity index (χ3n) is 5.59. The van der Waals surface area contributed by atoms with Crippen molar-refractivity contribution in [3.63, 3.8) is 0 Å². The molecule has 17 heavy (non-hydrogen) atoms. The van der Waals surface area contributed by atoms with Crippen molar-refractivity contribution >= 4 is 0 Å². The van der Waals surface area contributed by atoms with Crippen molar-refractivity contribution in [2.24, 2.45) is 23.5 Å². The van der Waals surface area contributed by atoms with Gasteiger partial charge in [0.25, 0.3) is 0 Å². The summed E-state index contributed by atoms with van der Waals surface area (Å²) in [4.78, 5) is 2.69. The first-order chi connectivity index (χ1) is 8.13. The summed E-state index contributed by atoms with van der Waals surface area (Å²) in [6.45, 7) is 5.73. The van der Waals surface area contributed by atoms with Crippen LogP contribution in [-0.2, 0) is 0 Å². The van der Waals surface area contributed by atoms with E-state index in [9.17, 15) is 0 Å². The molecule has 0 aliphatic heterocycles. The highest BCUT2D eigenvalue weighted by atomic mass is 15.2. The van der Waals surface area contributed by atoms with Crippen molar-refractivity contribution in [1.82, 2.24) is 4.90 Å². The Balaban J connectivity index is 1.93. The Labute approximate surface area is 107 Å². The lowest BCUT2D eigenvalue weighted by atomic mass is 9.78. The van der Waals surface area contributed by atoms with E-state index in [2.05, 4.69) is 25.8 Å². The summed E-state index contributed by atoms with van der Waals surface area (Å²) in [7, 11) is 2.35. The fourth-order valence-electron chi connectivity index (χ4n) is 3.99. The minimum Gasteiger partial charge on any atom is -0.330 e. The fraction of sp³-hybridized carbons (Fsp3) is 1.00. The normalized spacial score (nSPS) is 43.2. The van der Waals surface area contributed by atoms with E-state index in [0.29, 0.717) is 0 Å². The molecule has 0 heterocycles. The van der Waals surface area contributed by atoms with Crippen molar-refractivity contribution in [3.05, 3.63) is 0 Å². The summed E-state index contributed by atoms with van der Waals surface area (Å²) in [5.41, 5.74) is 5.91. The lowest BCUT2D eigenvalue weighted by molar-refractivity contribution is 0.0804. The van der Waals surface area contributed by atoms with Gasteiger partial charge in [-0.2, -0.15) is 0 Å². The Hall–Kier alpha value is -0.0800. The molecule has 100 valence electrons. The average Bonchev–Trinajstić information content (AvgIpc) is 2.80. The lowest BCUT2D eigenvalue weighted by Crippen LogP contribution is -2.46. The summed E-state index contributed by atoms with van der Waals surface area (Å²) >= 11 is 0. The van der Waals surface area contributed by atoms with E-state index in [0.717, 1.165) is 36.4 Å². The predicted octanol–water partition coefficient (Wildman–Crippen LogP) is 2.87. The van der Waals surface area contributed by atoms with Crippen LogP contribution in [0.1, 0.15) is 52.4 Å². The molecule has 0 bridgehead atoms. The highest BCUT2D eigenvalue weighted by Gasteiger charge is 2.35. The molecule has 2 fully saturated rings. The van der Waals surface area contributed by atoms with Crippen LogP contribution in [0, 0.1) is 17.8 Å². The quantitative estimate of drug-likeness (QED) is 0.819. The molecule has 2 rings (SSSR count). The average molecular weight is 238 g/mol. The molecule has 5 atom stereocenters. The van der Waals surface area contributed by atoms with E-state index in [-0.39, 0.29) is 0 Å². The molecule has 2 aliphatic rings. The maximum absolute atomic E-state index is 5.91. The first-order valence-electron chi connectivity index (χ1n) is 7.55. The highest BCUT2D eigenvalue weighted by Crippen LogP contribution is 2.36. The number of nitrogens with zero attached hydrogens (tertiary/aromatic N) is 1. The second kappa shape index (κ2) is 5.71. The van der Waals surface area contributed by atoms with Crippen LogP contribution < -0.4 is 5.73 Å². The van der Waals surface area contributed by atoms with Gasteiger partial charge in [-0.3, -0.25) is 0 Å². The molecule has 2 heteroatoms. The number of hydrogen-bond acceptors (Lipinski definition) is 2. The first-order valence-corrected chi connectivity index (χ1v) is 7.55. The van der Waals surface area contributed by atoms with Crippen LogP contribution in [0.2, 0.25) is 0 Å². The van der Waals surface area contributed by atoms with Crippen LogP contribution >= 0.6 is 0 Å². The monoisotopic (exact) mass is 238 g/mol. The molecular weight excluding hydrogens is 208 g/mol.